The number of nitrogens with zero attached hydrogens (tertiary/aromatic N) is 1. The van der Waals surface area contributed by atoms with Gasteiger partial charge in [-0.2, -0.15) is 0 Å². The molecular formula is C19H30N2O2. The lowest BCUT2D eigenvalue weighted by atomic mass is 10.0. The fourth-order valence-corrected chi connectivity index (χ4v) is 3.56. The molecule has 1 fully saturated rings. The van der Waals surface area contributed by atoms with E-state index in [9.17, 15) is 0 Å². The highest BCUT2D eigenvalue weighted by molar-refractivity contribution is 5.42. The molecule has 1 saturated heterocycles. The fourth-order valence-electron chi connectivity index (χ4n) is 3.56. The van der Waals surface area contributed by atoms with E-state index in [4.69, 9.17) is 9.47 Å². The topological polar surface area (TPSA) is 33.7 Å². The van der Waals surface area contributed by atoms with Crippen molar-refractivity contribution in [2.75, 3.05) is 32.7 Å². The molecule has 1 atom stereocenters. The molecular weight excluding hydrogens is 288 g/mol. The van der Waals surface area contributed by atoms with Crippen molar-refractivity contribution in [3.63, 3.8) is 0 Å². The van der Waals surface area contributed by atoms with Crippen LogP contribution in [-0.4, -0.2) is 43.4 Å². The Labute approximate surface area is 140 Å². The van der Waals surface area contributed by atoms with Crippen molar-refractivity contribution in [2.45, 2.75) is 45.3 Å². The number of benzene rings is 1. The molecule has 23 heavy (non-hydrogen) atoms. The number of rotatable bonds is 7. The SMILES string of the molecule is CC1CCCN(CCCNCCC2(C)Oc3ccccc3O2)C1. The molecule has 0 bridgehead atoms. The van der Waals surface area contributed by atoms with Crippen LogP contribution in [0.4, 0.5) is 0 Å². The summed E-state index contributed by atoms with van der Waals surface area (Å²) >= 11 is 0. The van der Waals surface area contributed by atoms with Crippen LogP contribution in [0.2, 0.25) is 0 Å². The first-order valence-electron chi connectivity index (χ1n) is 9.05. The average molecular weight is 318 g/mol. The van der Waals surface area contributed by atoms with Gasteiger partial charge in [-0.3, -0.25) is 0 Å². The van der Waals surface area contributed by atoms with Gasteiger partial charge >= 0.3 is 0 Å². The molecule has 0 aromatic heterocycles. The van der Waals surface area contributed by atoms with Crippen LogP contribution in [0.3, 0.4) is 0 Å². The molecule has 0 saturated carbocycles. The normalized spacial score (nSPS) is 23.1. The summed E-state index contributed by atoms with van der Waals surface area (Å²) in [6.07, 6.45) is 4.83. The Morgan fingerprint density at radius 3 is 2.65 bits per heavy atom. The highest BCUT2D eigenvalue weighted by Crippen LogP contribution is 2.39. The Kier molecular flexibility index (Phi) is 5.44. The maximum absolute atomic E-state index is 5.94. The summed E-state index contributed by atoms with van der Waals surface area (Å²) in [5, 5.41) is 3.53. The number of piperidine rings is 1. The quantitative estimate of drug-likeness (QED) is 0.782. The summed E-state index contributed by atoms with van der Waals surface area (Å²) in [6, 6.07) is 7.89. The second-order valence-electron chi connectivity index (χ2n) is 7.19. The van der Waals surface area contributed by atoms with Crippen molar-refractivity contribution in [2.24, 2.45) is 5.92 Å². The van der Waals surface area contributed by atoms with E-state index in [1.807, 2.05) is 31.2 Å². The molecule has 1 aromatic rings. The van der Waals surface area contributed by atoms with Crippen LogP contribution in [-0.2, 0) is 0 Å². The lowest BCUT2D eigenvalue weighted by Gasteiger charge is -2.30. The molecule has 1 aromatic carbocycles. The van der Waals surface area contributed by atoms with Gasteiger partial charge in [0.2, 0.25) is 5.79 Å². The highest BCUT2D eigenvalue weighted by Gasteiger charge is 2.35. The van der Waals surface area contributed by atoms with Gasteiger partial charge in [0.1, 0.15) is 0 Å². The molecule has 4 heteroatoms. The van der Waals surface area contributed by atoms with E-state index in [0.717, 1.165) is 36.9 Å². The fraction of sp³-hybridized carbons (Fsp3) is 0.684. The second kappa shape index (κ2) is 7.54. The minimum absolute atomic E-state index is 0.529. The third-order valence-corrected chi connectivity index (χ3v) is 4.83. The van der Waals surface area contributed by atoms with Crippen LogP contribution in [0, 0.1) is 5.92 Å². The van der Waals surface area contributed by atoms with E-state index in [1.165, 1.54) is 38.9 Å². The third-order valence-electron chi connectivity index (χ3n) is 4.83. The first-order valence-corrected chi connectivity index (χ1v) is 9.05. The van der Waals surface area contributed by atoms with Crippen LogP contribution in [0.1, 0.15) is 39.5 Å². The van der Waals surface area contributed by atoms with Gasteiger partial charge in [-0.1, -0.05) is 19.1 Å². The summed E-state index contributed by atoms with van der Waals surface area (Å²) in [5.74, 6) is 2.05. The predicted octanol–water partition coefficient (Wildman–Crippen LogP) is 3.28. The van der Waals surface area contributed by atoms with E-state index >= 15 is 0 Å². The first-order chi connectivity index (χ1) is 11.1. The largest absolute Gasteiger partial charge is 0.449 e. The van der Waals surface area contributed by atoms with Crippen LogP contribution >= 0.6 is 0 Å². The smallest absolute Gasteiger partial charge is 0.250 e. The molecule has 2 aliphatic heterocycles. The van der Waals surface area contributed by atoms with E-state index in [-0.39, 0.29) is 0 Å². The summed E-state index contributed by atoms with van der Waals surface area (Å²) in [4.78, 5) is 2.61. The van der Waals surface area contributed by atoms with Crippen molar-refractivity contribution in [1.29, 1.82) is 0 Å². The summed E-state index contributed by atoms with van der Waals surface area (Å²) in [5.41, 5.74) is 0. The van der Waals surface area contributed by atoms with Gasteiger partial charge in [-0.25, -0.2) is 0 Å². The van der Waals surface area contributed by atoms with E-state index in [2.05, 4.69) is 17.1 Å². The molecule has 2 aliphatic rings. The highest BCUT2D eigenvalue weighted by atomic mass is 16.7. The van der Waals surface area contributed by atoms with Crippen molar-refractivity contribution in [3.05, 3.63) is 24.3 Å². The number of ether oxygens (including phenoxy) is 2. The second-order valence-corrected chi connectivity index (χ2v) is 7.19. The Bertz CT molecular complexity index is 481. The summed E-state index contributed by atoms with van der Waals surface area (Å²) < 4.78 is 11.9. The van der Waals surface area contributed by atoms with Crippen LogP contribution in [0.15, 0.2) is 24.3 Å². The molecule has 3 rings (SSSR count). The Hall–Kier alpha value is -1.26. The number of nitrogens with one attached hydrogen (secondary N) is 1. The molecule has 1 N–H and O–H groups in total. The van der Waals surface area contributed by atoms with Crippen molar-refractivity contribution in [1.82, 2.24) is 10.2 Å². The minimum Gasteiger partial charge on any atom is -0.449 e. The van der Waals surface area contributed by atoms with Gasteiger partial charge in [0.15, 0.2) is 11.5 Å². The number of hydrogen-bond acceptors (Lipinski definition) is 4. The van der Waals surface area contributed by atoms with Crippen LogP contribution < -0.4 is 14.8 Å². The van der Waals surface area contributed by atoms with Crippen LogP contribution in [0.5, 0.6) is 11.5 Å². The molecule has 2 heterocycles. The lowest BCUT2D eigenvalue weighted by molar-refractivity contribution is -0.0672. The van der Waals surface area contributed by atoms with Gasteiger partial charge in [-0.15, -0.1) is 0 Å². The van der Waals surface area contributed by atoms with Gasteiger partial charge in [0, 0.05) is 26.4 Å². The van der Waals surface area contributed by atoms with Crippen LogP contribution in [0.25, 0.3) is 0 Å². The van der Waals surface area contributed by atoms with Crippen molar-refractivity contribution < 1.29 is 9.47 Å². The zero-order valence-corrected chi connectivity index (χ0v) is 14.5. The number of hydrogen-bond donors (Lipinski definition) is 1. The van der Waals surface area contributed by atoms with Gasteiger partial charge < -0.3 is 19.7 Å². The van der Waals surface area contributed by atoms with E-state index < -0.39 is 5.79 Å². The molecule has 0 aliphatic carbocycles. The number of para-hydroxylation sites is 2. The monoisotopic (exact) mass is 318 g/mol. The third kappa shape index (κ3) is 4.61. The minimum atomic E-state index is -0.529. The molecule has 0 amide bonds. The standard InChI is InChI=1S/C19H30N2O2/c1-16-7-5-13-21(15-16)14-6-11-20-12-10-19(2)22-17-8-3-4-9-18(17)23-19/h3-4,8-9,16,20H,5-7,10-15H2,1-2H3. The summed E-state index contributed by atoms with van der Waals surface area (Å²) in [7, 11) is 0. The Morgan fingerprint density at radius 1 is 1.22 bits per heavy atom. The van der Waals surface area contributed by atoms with Gasteiger partial charge in [0.05, 0.1) is 0 Å². The zero-order valence-electron chi connectivity index (χ0n) is 14.5. The van der Waals surface area contributed by atoms with Gasteiger partial charge in [-0.05, 0) is 56.9 Å². The molecule has 4 nitrogen and oxygen atoms in total. The number of fused-ring (bicyclic) bond motifs is 1. The predicted molar refractivity (Wildman–Crippen MR) is 93.0 cm³/mol. The lowest BCUT2D eigenvalue weighted by Crippen LogP contribution is -2.39. The van der Waals surface area contributed by atoms with Crippen molar-refractivity contribution in [3.8, 4) is 11.5 Å². The molecule has 0 radical (unpaired) electrons. The maximum atomic E-state index is 5.94. The Balaban J connectivity index is 1.29. The summed E-state index contributed by atoms with van der Waals surface area (Å²) in [6.45, 7) is 10.1. The molecule has 128 valence electrons. The number of likely N-dealkylation sites (tertiary alicyclic amines) is 1. The van der Waals surface area contributed by atoms with Gasteiger partial charge in [0.25, 0.3) is 0 Å². The molecule has 1 unspecified atom stereocenters. The molecule has 0 spiro atoms. The zero-order chi connectivity index (χ0) is 16.1. The van der Waals surface area contributed by atoms with E-state index in [0.29, 0.717) is 0 Å². The van der Waals surface area contributed by atoms with Crippen molar-refractivity contribution >= 4 is 0 Å². The maximum Gasteiger partial charge on any atom is 0.250 e. The van der Waals surface area contributed by atoms with E-state index in [1.54, 1.807) is 0 Å². The first kappa shape index (κ1) is 16.6. The average Bonchev–Trinajstić information content (AvgIpc) is 2.87. The Morgan fingerprint density at radius 2 is 1.96 bits per heavy atom.